The molecule has 0 unspecified atom stereocenters. The second kappa shape index (κ2) is 10.1. The zero-order valence-electron chi connectivity index (χ0n) is 17.9. The molecule has 29 heavy (non-hydrogen) atoms. The Labute approximate surface area is 174 Å². The Balaban J connectivity index is 1.49. The molecule has 0 radical (unpaired) electrons. The van der Waals surface area contributed by atoms with Crippen molar-refractivity contribution in [1.29, 1.82) is 0 Å². The molecule has 1 atom stereocenters. The monoisotopic (exact) mass is 401 g/mol. The van der Waals surface area contributed by atoms with Crippen molar-refractivity contribution in [1.82, 2.24) is 10.2 Å². The number of nitrogens with zero attached hydrogens (tertiary/aromatic N) is 2. The third kappa shape index (κ3) is 5.30. The van der Waals surface area contributed by atoms with E-state index in [0.29, 0.717) is 19.1 Å². The highest BCUT2D eigenvalue weighted by Crippen LogP contribution is 2.34. The minimum atomic E-state index is -0.650. The maximum Gasteiger partial charge on any atom is 0.326 e. The summed E-state index contributed by atoms with van der Waals surface area (Å²) in [6.07, 6.45) is 5.76. The van der Waals surface area contributed by atoms with E-state index in [1.54, 1.807) is 0 Å². The molecule has 1 aliphatic heterocycles. The largest absolute Gasteiger partial charge is 0.465 e. The highest BCUT2D eigenvalue weighted by molar-refractivity contribution is 5.83. The summed E-state index contributed by atoms with van der Waals surface area (Å²) in [5.74, 6) is 0.266. The zero-order chi connectivity index (χ0) is 20.7. The molecule has 1 aromatic carbocycles. The molecule has 2 aliphatic rings. The van der Waals surface area contributed by atoms with Gasteiger partial charge in [-0.25, -0.2) is 0 Å². The number of benzene rings is 1. The molecule has 6 nitrogen and oxygen atoms in total. The van der Waals surface area contributed by atoms with Gasteiger partial charge in [0.15, 0.2) is 0 Å². The van der Waals surface area contributed by atoms with Gasteiger partial charge in [-0.15, -0.1) is 0 Å². The molecule has 1 aromatic rings. The lowest BCUT2D eigenvalue weighted by Gasteiger charge is -2.41. The Hall–Kier alpha value is -2.08. The van der Waals surface area contributed by atoms with E-state index in [9.17, 15) is 9.59 Å². The van der Waals surface area contributed by atoms with Crippen molar-refractivity contribution in [3.05, 3.63) is 30.3 Å². The number of hydrogen-bond donors (Lipinski definition) is 1. The van der Waals surface area contributed by atoms with Gasteiger partial charge in [-0.2, -0.15) is 0 Å². The molecule has 0 bridgehead atoms. The summed E-state index contributed by atoms with van der Waals surface area (Å²) >= 11 is 0. The molecule has 1 N–H and O–H groups in total. The predicted octanol–water partition coefficient (Wildman–Crippen LogP) is 2.83. The summed E-state index contributed by atoms with van der Waals surface area (Å²) in [5, 5.41) is 3.10. The van der Waals surface area contributed by atoms with Crippen molar-refractivity contribution in [2.24, 2.45) is 5.92 Å². The number of carbonyl (C=O) groups excluding carboxylic acids is 2. The Morgan fingerprint density at radius 1 is 1.21 bits per heavy atom. The Morgan fingerprint density at radius 3 is 2.62 bits per heavy atom. The number of rotatable bonds is 8. The van der Waals surface area contributed by atoms with Crippen LogP contribution in [0.15, 0.2) is 30.3 Å². The van der Waals surface area contributed by atoms with Gasteiger partial charge in [0.1, 0.15) is 5.54 Å². The van der Waals surface area contributed by atoms with E-state index in [0.717, 1.165) is 51.6 Å². The minimum Gasteiger partial charge on any atom is -0.465 e. The molecule has 1 amide bonds. The second-order valence-electron chi connectivity index (χ2n) is 8.41. The maximum atomic E-state index is 12.7. The van der Waals surface area contributed by atoms with Gasteiger partial charge in [0.05, 0.1) is 13.2 Å². The summed E-state index contributed by atoms with van der Waals surface area (Å²) in [7, 11) is 1.88. The van der Waals surface area contributed by atoms with Crippen LogP contribution < -0.4 is 10.2 Å². The second-order valence-corrected chi connectivity index (χ2v) is 8.41. The van der Waals surface area contributed by atoms with E-state index >= 15 is 0 Å². The molecule has 1 heterocycles. The summed E-state index contributed by atoms with van der Waals surface area (Å²) < 4.78 is 5.36. The average molecular weight is 402 g/mol. The topological polar surface area (TPSA) is 61.9 Å². The molecule has 6 heteroatoms. The van der Waals surface area contributed by atoms with Crippen LogP contribution in [0.4, 0.5) is 5.69 Å². The van der Waals surface area contributed by atoms with Gasteiger partial charge in [0.2, 0.25) is 5.91 Å². The van der Waals surface area contributed by atoms with Crippen molar-refractivity contribution in [3.63, 3.8) is 0 Å². The van der Waals surface area contributed by atoms with Gasteiger partial charge >= 0.3 is 5.97 Å². The summed E-state index contributed by atoms with van der Waals surface area (Å²) in [6, 6.07) is 10.4. The minimum absolute atomic E-state index is 0.0140. The van der Waals surface area contributed by atoms with Gasteiger partial charge < -0.3 is 15.0 Å². The lowest BCUT2D eigenvalue weighted by molar-refractivity contribution is -0.160. The fraction of sp³-hybridized carbons (Fsp3) is 0.652. The molecule has 0 spiro atoms. The summed E-state index contributed by atoms with van der Waals surface area (Å²) in [4.78, 5) is 29.6. The Morgan fingerprint density at radius 2 is 1.93 bits per heavy atom. The fourth-order valence-corrected chi connectivity index (χ4v) is 4.70. The van der Waals surface area contributed by atoms with Crippen LogP contribution in [-0.2, 0) is 14.3 Å². The predicted molar refractivity (Wildman–Crippen MR) is 115 cm³/mol. The van der Waals surface area contributed by atoms with Gasteiger partial charge in [-0.3, -0.25) is 14.5 Å². The van der Waals surface area contributed by atoms with Crippen LogP contribution in [0, 0.1) is 5.92 Å². The molecule has 1 saturated heterocycles. The van der Waals surface area contributed by atoms with Crippen molar-refractivity contribution in [3.8, 4) is 0 Å². The van der Waals surface area contributed by atoms with Gasteiger partial charge in [-0.1, -0.05) is 37.5 Å². The van der Waals surface area contributed by atoms with E-state index < -0.39 is 5.54 Å². The number of esters is 1. The first-order chi connectivity index (χ1) is 14.0. The number of amides is 1. The number of para-hydroxylation sites is 1. The molecule has 3 rings (SSSR count). The van der Waals surface area contributed by atoms with Gasteiger partial charge in [0, 0.05) is 25.3 Å². The molecular weight excluding hydrogens is 366 g/mol. The highest BCUT2D eigenvalue weighted by atomic mass is 16.5. The Kier molecular flexibility index (Phi) is 7.53. The lowest BCUT2D eigenvalue weighted by atomic mass is 9.80. The van der Waals surface area contributed by atoms with Crippen LogP contribution >= 0.6 is 0 Å². The molecule has 0 aromatic heterocycles. The first-order valence-electron chi connectivity index (χ1n) is 11.0. The molecule has 2 fully saturated rings. The number of nitrogens with one attached hydrogen (secondary N) is 1. The van der Waals surface area contributed by atoms with E-state index in [1.165, 1.54) is 5.69 Å². The van der Waals surface area contributed by atoms with E-state index in [4.69, 9.17) is 4.74 Å². The van der Waals surface area contributed by atoms with Crippen LogP contribution in [0.2, 0.25) is 0 Å². The fourth-order valence-electron chi connectivity index (χ4n) is 4.70. The maximum absolute atomic E-state index is 12.7. The van der Waals surface area contributed by atoms with E-state index in [1.807, 2.05) is 24.9 Å². The van der Waals surface area contributed by atoms with Crippen molar-refractivity contribution < 1.29 is 14.3 Å². The highest BCUT2D eigenvalue weighted by Gasteiger charge is 2.45. The van der Waals surface area contributed by atoms with Crippen LogP contribution in [-0.4, -0.2) is 62.1 Å². The smallest absolute Gasteiger partial charge is 0.326 e. The summed E-state index contributed by atoms with van der Waals surface area (Å²) in [6.45, 7) is 5.11. The van der Waals surface area contributed by atoms with Crippen molar-refractivity contribution >= 4 is 17.6 Å². The quantitative estimate of drug-likeness (QED) is 0.679. The average Bonchev–Trinajstić information content (AvgIpc) is 3.22. The number of carbonyl (C=O) groups is 2. The molecular formula is C23H35N3O3. The van der Waals surface area contributed by atoms with Gasteiger partial charge in [-0.05, 0) is 51.3 Å². The first-order valence-corrected chi connectivity index (χ1v) is 11.0. The van der Waals surface area contributed by atoms with E-state index in [-0.39, 0.29) is 18.4 Å². The molecule has 1 saturated carbocycles. The number of likely N-dealkylation sites (N-methyl/N-ethyl adjacent to an activating group) is 1. The lowest BCUT2D eigenvalue weighted by Crippen LogP contribution is -2.57. The van der Waals surface area contributed by atoms with E-state index in [2.05, 4.69) is 34.5 Å². The van der Waals surface area contributed by atoms with Crippen molar-refractivity contribution in [2.75, 3.05) is 44.7 Å². The third-order valence-corrected chi connectivity index (χ3v) is 6.44. The number of ether oxygens (including phenoxy) is 1. The summed E-state index contributed by atoms with van der Waals surface area (Å²) in [5.41, 5.74) is 0.595. The number of hydrogen-bond acceptors (Lipinski definition) is 5. The zero-order valence-corrected chi connectivity index (χ0v) is 17.9. The standard InChI is InChI=1S/C23H35N3O3/c1-3-29-22(28)23(13-8-5-9-14-23)25(2)18-21(27)24-16-19-12-15-26(17-19)20-10-6-4-7-11-20/h4,6-7,10-11,19H,3,5,8-9,12-18H2,1-2H3,(H,24,27)/t19-/m0/s1. The van der Waals surface area contributed by atoms with Crippen molar-refractivity contribution in [2.45, 2.75) is 51.0 Å². The Bertz CT molecular complexity index is 673. The van der Waals surface area contributed by atoms with Crippen LogP contribution in [0.3, 0.4) is 0 Å². The normalized spacial score (nSPS) is 21.2. The number of anilines is 1. The van der Waals surface area contributed by atoms with Gasteiger partial charge in [0.25, 0.3) is 0 Å². The third-order valence-electron chi connectivity index (χ3n) is 6.44. The van der Waals surface area contributed by atoms with Crippen LogP contribution in [0.1, 0.15) is 45.4 Å². The van der Waals surface area contributed by atoms with Crippen LogP contribution in [0.5, 0.6) is 0 Å². The SMILES string of the molecule is CCOC(=O)C1(N(C)CC(=O)NC[C@@H]2CCN(c3ccccc3)C2)CCCCC1. The molecule has 1 aliphatic carbocycles. The first kappa shape index (κ1) is 21.6. The molecule has 160 valence electrons. The van der Waals surface area contributed by atoms with Crippen LogP contribution in [0.25, 0.3) is 0 Å².